The van der Waals surface area contributed by atoms with Crippen molar-refractivity contribution in [1.29, 1.82) is 0 Å². The highest BCUT2D eigenvalue weighted by molar-refractivity contribution is 6.29. The molecular formula is C13H14ClN3O2. The largest absolute Gasteiger partial charge is 0.469 e. The second-order valence-electron chi connectivity index (χ2n) is 4.26. The Morgan fingerprint density at radius 2 is 2.32 bits per heavy atom. The van der Waals surface area contributed by atoms with Gasteiger partial charge in [-0.15, -0.1) is 0 Å². The van der Waals surface area contributed by atoms with Gasteiger partial charge in [-0.2, -0.15) is 0 Å². The molecule has 2 N–H and O–H groups in total. The summed E-state index contributed by atoms with van der Waals surface area (Å²) in [5.41, 5.74) is 7.36. The van der Waals surface area contributed by atoms with Gasteiger partial charge in [0.2, 0.25) is 0 Å². The number of amides is 1. The maximum absolute atomic E-state index is 12.3. The summed E-state index contributed by atoms with van der Waals surface area (Å²) < 4.78 is 5.20. The third kappa shape index (κ3) is 2.88. The number of halogens is 1. The van der Waals surface area contributed by atoms with E-state index in [2.05, 4.69) is 4.98 Å². The van der Waals surface area contributed by atoms with Gasteiger partial charge in [-0.3, -0.25) is 4.79 Å². The van der Waals surface area contributed by atoms with Gasteiger partial charge in [0.15, 0.2) is 0 Å². The van der Waals surface area contributed by atoms with Gasteiger partial charge in [0.05, 0.1) is 23.7 Å². The minimum Gasteiger partial charge on any atom is -0.469 e. The molecular weight excluding hydrogens is 266 g/mol. The van der Waals surface area contributed by atoms with Crippen LogP contribution >= 0.6 is 11.6 Å². The summed E-state index contributed by atoms with van der Waals surface area (Å²) in [7, 11) is 1.70. The Morgan fingerprint density at radius 3 is 2.95 bits per heavy atom. The number of rotatable bonds is 3. The molecule has 2 aromatic rings. The molecule has 0 aliphatic heterocycles. The summed E-state index contributed by atoms with van der Waals surface area (Å²) in [5, 5.41) is 0.241. The van der Waals surface area contributed by atoms with Crippen molar-refractivity contribution in [2.75, 3.05) is 12.8 Å². The van der Waals surface area contributed by atoms with Crippen molar-refractivity contribution >= 4 is 23.2 Å². The van der Waals surface area contributed by atoms with Gasteiger partial charge in [-0.1, -0.05) is 11.6 Å². The molecule has 0 saturated heterocycles. The van der Waals surface area contributed by atoms with Crippen LogP contribution in [0.2, 0.25) is 5.15 Å². The molecule has 1 amide bonds. The van der Waals surface area contributed by atoms with E-state index in [-0.39, 0.29) is 11.1 Å². The van der Waals surface area contributed by atoms with Crippen molar-refractivity contribution < 1.29 is 9.21 Å². The van der Waals surface area contributed by atoms with Gasteiger partial charge in [0.25, 0.3) is 5.91 Å². The summed E-state index contributed by atoms with van der Waals surface area (Å²) >= 11 is 5.78. The fraction of sp³-hybridized carbons (Fsp3) is 0.231. The number of nitrogen functional groups attached to an aromatic ring is 1. The van der Waals surface area contributed by atoms with Gasteiger partial charge >= 0.3 is 0 Å². The molecule has 0 aromatic carbocycles. The molecule has 0 atom stereocenters. The van der Waals surface area contributed by atoms with Crippen LogP contribution in [0.15, 0.2) is 29.0 Å². The number of aryl methyl sites for hydroxylation is 1. The quantitative estimate of drug-likeness (QED) is 0.876. The Bertz CT molecular complexity index is 610. The van der Waals surface area contributed by atoms with Crippen LogP contribution in [0, 0.1) is 6.92 Å². The van der Waals surface area contributed by atoms with Gasteiger partial charge in [0.1, 0.15) is 10.9 Å². The summed E-state index contributed by atoms with van der Waals surface area (Å²) in [6.45, 7) is 2.30. The third-order valence-electron chi connectivity index (χ3n) is 2.85. The molecule has 0 saturated carbocycles. The number of pyridine rings is 1. The maximum Gasteiger partial charge on any atom is 0.256 e. The molecule has 19 heavy (non-hydrogen) atoms. The highest BCUT2D eigenvalue weighted by Gasteiger charge is 2.17. The maximum atomic E-state index is 12.3. The predicted octanol–water partition coefficient (Wildman–Crippen LogP) is 2.49. The first-order valence-corrected chi connectivity index (χ1v) is 6.06. The molecule has 6 heteroatoms. The molecule has 0 aliphatic carbocycles. The lowest BCUT2D eigenvalue weighted by Crippen LogP contribution is -2.27. The lowest BCUT2D eigenvalue weighted by molar-refractivity contribution is 0.0785. The van der Waals surface area contributed by atoms with Crippen molar-refractivity contribution in [2.24, 2.45) is 0 Å². The van der Waals surface area contributed by atoms with Crippen molar-refractivity contribution in [3.8, 4) is 0 Å². The van der Waals surface area contributed by atoms with Gasteiger partial charge < -0.3 is 15.1 Å². The molecule has 0 bridgehead atoms. The van der Waals surface area contributed by atoms with E-state index in [1.54, 1.807) is 18.2 Å². The lowest BCUT2D eigenvalue weighted by Gasteiger charge is -2.17. The monoisotopic (exact) mass is 279 g/mol. The number of furan rings is 1. The van der Waals surface area contributed by atoms with E-state index >= 15 is 0 Å². The fourth-order valence-electron chi connectivity index (χ4n) is 1.73. The van der Waals surface area contributed by atoms with E-state index in [0.29, 0.717) is 17.8 Å². The highest BCUT2D eigenvalue weighted by Crippen LogP contribution is 2.18. The van der Waals surface area contributed by atoms with Crippen molar-refractivity contribution in [1.82, 2.24) is 9.88 Å². The zero-order valence-electron chi connectivity index (χ0n) is 10.7. The van der Waals surface area contributed by atoms with Crippen molar-refractivity contribution in [3.05, 3.63) is 46.6 Å². The Labute approximate surface area is 116 Å². The summed E-state index contributed by atoms with van der Waals surface area (Å²) in [6, 6.07) is 3.31. The van der Waals surface area contributed by atoms with Gasteiger partial charge in [-0.25, -0.2) is 4.98 Å². The molecule has 5 nitrogen and oxygen atoms in total. The number of carbonyl (C=O) groups is 1. The number of hydrogen-bond acceptors (Lipinski definition) is 4. The molecule has 0 unspecified atom stereocenters. The lowest BCUT2D eigenvalue weighted by atomic mass is 10.2. The summed E-state index contributed by atoms with van der Waals surface area (Å²) in [5.74, 6) is 0.586. The normalized spacial score (nSPS) is 10.5. The Hall–Kier alpha value is -2.01. The van der Waals surface area contributed by atoms with Gasteiger partial charge in [-0.05, 0) is 19.1 Å². The highest BCUT2D eigenvalue weighted by atomic mass is 35.5. The van der Waals surface area contributed by atoms with Crippen LogP contribution in [-0.4, -0.2) is 22.8 Å². The number of hydrogen-bond donors (Lipinski definition) is 1. The number of anilines is 1. The number of nitrogens with zero attached hydrogens (tertiary/aromatic N) is 2. The molecule has 0 aliphatic rings. The fourth-order valence-corrected chi connectivity index (χ4v) is 1.89. The van der Waals surface area contributed by atoms with Crippen molar-refractivity contribution in [3.63, 3.8) is 0 Å². The van der Waals surface area contributed by atoms with Crippen LogP contribution in [0.4, 0.5) is 5.69 Å². The number of carbonyl (C=O) groups excluding carboxylic acids is 1. The summed E-state index contributed by atoms with van der Waals surface area (Å²) in [6.07, 6.45) is 2.98. The molecule has 2 rings (SSSR count). The Morgan fingerprint density at radius 1 is 1.58 bits per heavy atom. The molecule has 100 valence electrons. The Kier molecular flexibility index (Phi) is 3.76. The van der Waals surface area contributed by atoms with Crippen LogP contribution in [0.25, 0.3) is 0 Å². The third-order valence-corrected chi connectivity index (χ3v) is 3.06. The first-order chi connectivity index (χ1) is 8.99. The average Bonchev–Trinajstić information content (AvgIpc) is 2.77. The molecule has 2 aromatic heterocycles. The van der Waals surface area contributed by atoms with Crippen LogP contribution < -0.4 is 5.73 Å². The number of aromatic nitrogens is 1. The zero-order valence-corrected chi connectivity index (χ0v) is 11.4. The topological polar surface area (TPSA) is 72.4 Å². The second kappa shape index (κ2) is 5.32. The molecule has 2 heterocycles. The molecule has 0 spiro atoms. The Balaban J connectivity index is 2.19. The average molecular weight is 280 g/mol. The van der Waals surface area contributed by atoms with E-state index in [1.165, 1.54) is 12.3 Å². The van der Waals surface area contributed by atoms with Crippen LogP contribution in [0.1, 0.15) is 21.7 Å². The van der Waals surface area contributed by atoms with Crippen molar-refractivity contribution in [2.45, 2.75) is 13.5 Å². The standard InChI is InChI=1S/C13H14ClN3O2/c1-8-9(3-4-19-8)7-17(2)13(18)10-5-12(14)16-6-11(10)15/h3-6H,7,15H2,1-2H3. The first kappa shape index (κ1) is 13.4. The summed E-state index contributed by atoms with van der Waals surface area (Å²) in [4.78, 5) is 17.7. The van der Waals surface area contributed by atoms with Gasteiger partial charge in [0, 0.05) is 19.2 Å². The minimum atomic E-state index is -0.206. The predicted molar refractivity (Wildman–Crippen MR) is 72.9 cm³/mol. The smallest absolute Gasteiger partial charge is 0.256 e. The minimum absolute atomic E-state index is 0.206. The molecule has 0 radical (unpaired) electrons. The van der Waals surface area contributed by atoms with E-state index in [0.717, 1.165) is 11.3 Å². The zero-order chi connectivity index (χ0) is 14.0. The second-order valence-corrected chi connectivity index (χ2v) is 4.64. The number of nitrogens with two attached hydrogens (primary N) is 1. The SMILES string of the molecule is Cc1occc1CN(C)C(=O)c1cc(Cl)ncc1N. The van der Waals surface area contributed by atoms with E-state index in [4.69, 9.17) is 21.8 Å². The van der Waals surface area contributed by atoms with E-state index < -0.39 is 0 Å². The van der Waals surface area contributed by atoms with Crippen LogP contribution in [-0.2, 0) is 6.54 Å². The van der Waals surface area contributed by atoms with Crippen LogP contribution in [0.3, 0.4) is 0 Å². The molecule has 0 fully saturated rings. The first-order valence-electron chi connectivity index (χ1n) is 5.68. The van der Waals surface area contributed by atoms with E-state index in [1.807, 2.05) is 13.0 Å². The van der Waals surface area contributed by atoms with E-state index in [9.17, 15) is 4.79 Å². The van der Waals surface area contributed by atoms with Crippen LogP contribution in [0.5, 0.6) is 0 Å².